The fraction of sp³-hybridized carbons (Fsp3) is 0.781. The molecule has 0 aliphatic heterocycles. The number of allylic oxidation sites excluding steroid dienone is 6. The van der Waals surface area contributed by atoms with E-state index < -0.39 is 0 Å². The fourth-order valence-corrected chi connectivity index (χ4v) is 4.28. The van der Waals surface area contributed by atoms with E-state index in [4.69, 9.17) is 0 Å². The van der Waals surface area contributed by atoms with Crippen LogP contribution in [0.2, 0.25) is 0 Å². The van der Waals surface area contributed by atoms with Gasteiger partial charge >= 0.3 is 0 Å². The normalized spacial score (nSPS) is 12.3. The van der Waals surface area contributed by atoms with Crippen molar-refractivity contribution in [3.05, 3.63) is 34.9 Å². The minimum Gasteiger partial charge on any atom is -0.300 e. The van der Waals surface area contributed by atoms with E-state index in [0.717, 1.165) is 44.9 Å². The molecule has 0 aromatic rings. The summed E-state index contributed by atoms with van der Waals surface area (Å²) < 4.78 is 0. The highest BCUT2D eigenvalue weighted by atomic mass is 16.1. The van der Waals surface area contributed by atoms with E-state index >= 15 is 0 Å². The second-order valence-electron chi connectivity index (χ2n) is 10.5. The smallest absolute Gasteiger partial charge is 0.133 e. The van der Waals surface area contributed by atoms with E-state index in [1.807, 2.05) is 0 Å². The van der Waals surface area contributed by atoms with Crippen LogP contribution < -0.4 is 0 Å². The molecule has 0 aromatic carbocycles. The number of hydrogen-bond acceptors (Lipinski definition) is 1. The molecule has 0 saturated carbocycles. The van der Waals surface area contributed by atoms with Gasteiger partial charge in [-0.05, 0) is 66.2 Å². The van der Waals surface area contributed by atoms with Crippen molar-refractivity contribution in [3.63, 3.8) is 0 Å². The first kappa shape index (κ1) is 31.9. The van der Waals surface area contributed by atoms with Gasteiger partial charge in [-0.3, -0.25) is 4.79 Å². The van der Waals surface area contributed by atoms with Crippen molar-refractivity contribution in [2.45, 2.75) is 163 Å². The van der Waals surface area contributed by atoms with E-state index in [1.54, 1.807) is 0 Å². The summed E-state index contributed by atoms with van der Waals surface area (Å²) in [5.74, 6) is 0.456. The first-order valence-corrected chi connectivity index (χ1v) is 14.4. The van der Waals surface area contributed by atoms with Gasteiger partial charge in [-0.15, -0.1) is 0 Å². The van der Waals surface area contributed by atoms with Gasteiger partial charge in [-0.2, -0.15) is 0 Å². The minimum atomic E-state index is 0.456. The predicted molar refractivity (Wildman–Crippen MR) is 150 cm³/mol. The Hall–Kier alpha value is -1.11. The molecule has 0 N–H and O–H groups in total. The van der Waals surface area contributed by atoms with Crippen LogP contribution >= 0.6 is 0 Å². The summed E-state index contributed by atoms with van der Waals surface area (Å²) in [4.78, 5) is 12.1. The Bertz CT molecular complexity index is 545. The molecule has 1 nitrogen and oxygen atoms in total. The molecule has 0 unspecified atom stereocenters. The van der Waals surface area contributed by atoms with Crippen LogP contribution in [0.3, 0.4) is 0 Å². The second-order valence-corrected chi connectivity index (χ2v) is 10.5. The van der Waals surface area contributed by atoms with E-state index in [2.05, 4.69) is 52.8 Å². The van der Waals surface area contributed by atoms with Gasteiger partial charge in [-0.25, -0.2) is 0 Å². The standard InChI is InChI=1S/C32H58O/c1-6-7-8-9-10-11-12-13-14-15-16-17-18-27-32(33)28-21-26-31(5)25-20-24-30(4)23-19-22-29(2)3/h22,24,26H,6-21,23,25,27-28H2,1-5H3. The third kappa shape index (κ3) is 25.4. The average molecular weight is 459 g/mol. The average Bonchev–Trinajstić information content (AvgIpc) is 2.76. The maximum atomic E-state index is 12.1. The summed E-state index contributed by atoms with van der Waals surface area (Å²) in [5.41, 5.74) is 4.33. The lowest BCUT2D eigenvalue weighted by atomic mass is 10.0. The van der Waals surface area contributed by atoms with Crippen LogP contribution in [0.5, 0.6) is 0 Å². The highest BCUT2D eigenvalue weighted by Gasteiger charge is 2.01. The second kappa shape index (κ2) is 24.0. The van der Waals surface area contributed by atoms with Crippen LogP contribution in [0.1, 0.15) is 163 Å². The Morgan fingerprint density at radius 2 is 0.879 bits per heavy atom. The molecule has 0 aliphatic rings. The summed E-state index contributed by atoms with van der Waals surface area (Å²) in [7, 11) is 0. The van der Waals surface area contributed by atoms with E-state index in [9.17, 15) is 4.79 Å². The van der Waals surface area contributed by atoms with Crippen LogP contribution in [0.25, 0.3) is 0 Å². The van der Waals surface area contributed by atoms with Gasteiger partial charge in [0.05, 0.1) is 0 Å². The highest BCUT2D eigenvalue weighted by molar-refractivity contribution is 5.78. The van der Waals surface area contributed by atoms with Crippen molar-refractivity contribution in [3.8, 4) is 0 Å². The number of carbonyl (C=O) groups excluding carboxylic acids is 1. The van der Waals surface area contributed by atoms with Crippen molar-refractivity contribution in [1.82, 2.24) is 0 Å². The minimum absolute atomic E-state index is 0.456. The Balaban J connectivity index is 3.56. The number of hydrogen-bond donors (Lipinski definition) is 0. The number of rotatable bonds is 23. The van der Waals surface area contributed by atoms with Gasteiger partial charge in [0, 0.05) is 12.8 Å². The zero-order valence-electron chi connectivity index (χ0n) is 23.3. The molecule has 0 rings (SSSR count). The summed E-state index contributed by atoms with van der Waals surface area (Å²) in [6, 6.07) is 0. The van der Waals surface area contributed by atoms with Crippen molar-refractivity contribution in [2.75, 3.05) is 0 Å². The summed E-state index contributed by atoms with van der Waals surface area (Å²) >= 11 is 0. The van der Waals surface area contributed by atoms with Crippen molar-refractivity contribution in [1.29, 1.82) is 0 Å². The third-order valence-electron chi connectivity index (χ3n) is 6.60. The van der Waals surface area contributed by atoms with E-state index in [0.29, 0.717) is 5.78 Å². The molecule has 0 radical (unpaired) electrons. The Kier molecular flexibility index (Phi) is 23.2. The third-order valence-corrected chi connectivity index (χ3v) is 6.60. The van der Waals surface area contributed by atoms with E-state index in [-0.39, 0.29) is 0 Å². The number of Topliss-reactive ketones (excluding diaryl/α,β-unsaturated/α-hetero) is 1. The van der Waals surface area contributed by atoms with Crippen molar-refractivity contribution < 1.29 is 4.79 Å². The van der Waals surface area contributed by atoms with Crippen molar-refractivity contribution >= 4 is 5.78 Å². The monoisotopic (exact) mass is 458 g/mol. The zero-order chi connectivity index (χ0) is 24.6. The molecule has 0 aliphatic carbocycles. The topological polar surface area (TPSA) is 17.1 Å². The number of carbonyl (C=O) groups is 1. The molecule has 0 heterocycles. The predicted octanol–water partition coefficient (Wildman–Crippen LogP) is 11.2. The molecule has 0 fully saturated rings. The van der Waals surface area contributed by atoms with Crippen molar-refractivity contribution in [2.24, 2.45) is 0 Å². The van der Waals surface area contributed by atoms with Gasteiger partial charge in [0.2, 0.25) is 0 Å². The molecule has 0 amide bonds. The number of unbranched alkanes of at least 4 members (excludes halogenated alkanes) is 12. The van der Waals surface area contributed by atoms with Crippen LogP contribution in [-0.4, -0.2) is 5.78 Å². The van der Waals surface area contributed by atoms with E-state index in [1.165, 1.54) is 100 Å². The SMILES string of the molecule is CCCCCCCCCCCCCCCC(=O)CCC=C(C)CCC=C(C)CCC=C(C)C. The molecule has 0 bridgehead atoms. The molecular formula is C32H58O. The van der Waals surface area contributed by atoms with Crippen LogP contribution in [-0.2, 0) is 4.79 Å². The Labute approximate surface area is 208 Å². The lowest BCUT2D eigenvalue weighted by Crippen LogP contribution is -1.97. The molecule has 0 spiro atoms. The number of ketones is 1. The van der Waals surface area contributed by atoms with Gasteiger partial charge in [0.15, 0.2) is 0 Å². The van der Waals surface area contributed by atoms with Crippen LogP contribution in [0.15, 0.2) is 34.9 Å². The molecule has 192 valence electrons. The molecule has 0 aromatic heterocycles. The van der Waals surface area contributed by atoms with Crippen LogP contribution in [0.4, 0.5) is 0 Å². The highest BCUT2D eigenvalue weighted by Crippen LogP contribution is 2.15. The van der Waals surface area contributed by atoms with Gasteiger partial charge in [0.1, 0.15) is 5.78 Å². The Morgan fingerprint density at radius 3 is 1.33 bits per heavy atom. The molecule has 33 heavy (non-hydrogen) atoms. The van der Waals surface area contributed by atoms with Gasteiger partial charge in [-0.1, -0.05) is 119 Å². The first-order chi connectivity index (χ1) is 16.0. The molecule has 0 saturated heterocycles. The van der Waals surface area contributed by atoms with Crippen LogP contribution in [0, 0.1) is 0 Å². The fourth-order valence-electron chi connectivity index (χ4n) is 4.28. The summed E-state index contributed by atoms with van der Waals surface area (Å²) in [5, 5.41) is 0. The summed E-state index contributed by atoms with van der Waals surface area (Å²) in [6.45, 7) is 11.1. The quantitative estimate of drug-likeness (QED) is 0.110. The molecule has 1 heteroatoms. The first-order valence-electron chi connectivity index (χ1n) is 14.4. The lowest BCUT2D eigenvalue weighted by molar-refractivity contribution is -0.119. The summed E-state index contributed by atoms with van der Waals surface area (Å²) in [6.07, 6.45) is 31.7. The Morgan fingerprint density at radius 1 is 0.485 bits per heavy atom. The molecule has 0 atom stereocenters. The molecular weight excluding hydrogens is 400 g/mol. The maximum Gasteiger partial charge on any atom is 0.133 e. The lowest BCUT2D eigenvalue weighted by Gasteiger charge is -2.03. The zero-order valence-corrected chi connectivity index (χ0v) is 23.3. The van der Waals surface area contributed by atoms with Gasteiger partial charge < -0.3 is 0 Å². The van der Waals surface area contributed by atoms with Gasteiger partial charge in [0.25, 0.3) is 0 Å². The maximum absolute atomic E-state index is 12.1. The largest absolute Gasteiger partial charge is 0.300 e.